The van der Waals surface area contributed by atoms with E-state index in [0.29, 0.717) is 13.0 Å². The van der Waals surface area contributed by atoms with Gasteiger partial charge in [-0.25, -0.2) is 0 Å². The molecule has 0 aliphatic carbocycles. The normalized spacial score (nSPS) is 13.6. The van der Waals surface area contributed by atoms with E-state index in [1.54, 1.807) is 19.1 Å². The van der Waals surface area contributed by atoms with Gasteiger partial charge in [-0.2, -0.15) is 0 Å². The Labute approximate surface area is 118 Å². The summed E-state index contributed by atoms with van der Waals surface area (Å²) in [6.07, 6.45) is 0.987. The molecule has 2 atom stereocenters. The molecule has 6 heteroatoms. The van der Waals surface area contributed by atoms with Gasteiger partial charge in [0, 0.05) is 23.9 Å². The molecule has 0 saturated heterocycles. The minimum Gasteiger partial charge on any atom is -0.487 e. The van der Waals surface area contributed by atoms with Gasteiger partial charge in [0.1, 0.15) is 0 Å². The number of aliphatic hydroxyl groups excluding tert-OH is 1. The summed E-state index contributed by atoms with van der Waals surface area (Å²) in [4.78, 5) is 10.5. The van der Waals surface area contributed by atoms with E-state index in [0.717, 1.165) is 12.1 Å². The molecular weight excluding hydrogens is 260 g/mol. The van der Waals surface area contributed by atoms with E-state index in [9.17, 15) is 15.2 Å². The highest BCUT2D eigenvalue weighted by atomic mass is 16.6. The molecule has 0 aliphatic heterocycles. The second-order valence-corrected chi connectivity index (χ2v) is 4.92. The molecule has 0 heterocycles. The van der Waals surface area contributed by atoms with E-state index in [4.69, 9.17) is 4.74 Å². The highest BCUT2D eigenvalue weighted by molar-refractivity contribution is 5.58. The molecule has 112 valence electrons. The number of nitrogens with zero attached hydrogens (tertiary/aromatic N) is 1. The summed E-state index contributed by atoms with van der Waals surface area (Å²) in [7, 11) is 0. The van der Waals surface area contributed by atoms with E-state index in [-0.39, 0.29) is 17.5 Å². The van der Waals surface area contributed by atoms with Crippen LogP contribution in [0.25, 0.3) is 0 Å². The van der Waals surface area contributed by atoms with Crippen molar-refractivity contribution in [3.63, 3.8) is 0 Å². The average molecular weight is 282 g/mol. The van der Waals surface area contributed by atoms with Gasteiger partial charge in [0.15, 0.2) is 5.75 Å². The zero-order valence-electron chi connectivity index (χ0n) is 12.1. The lowest BCUT2D eigenvalue weighted by atomic mass is 10.1. The van der Waals surface area contributed by atoms with Crippen molar-refractivity contribution in [1.82, 2.24) is 0 Å². The van der Waals surface area contributed by atoms with Crippen LogP contribution >= 0.6 is 0 Å². The van der Waals surface area contributed by atoms with Gasteiger partial charge in [-0.3, -0.25) is 10.1 Å². The zero-order valence-corrected chi connectivity index (χ0v) is 12.1. The van der Waals surface area contributed by atoms with E-state index >= 15 is 0 Å². The Bertz CT molecular complexity index is 449. The van der Waals surface area contributed by atoms with Crippen LogP contribution in [0.4, 0.5) is 11.4 Å². The molecular formula is C14H22N2O4. The molecule has 20 heavy (non-hydrogen) atoms. The third-order valence-corrected chi connectivity index (χ3v) is 2.73. The molecule has 6 nitrogen and oxygen atoms in total. The zero-order chi connectivity index (χ0) is 15.1. The smallest absolute Gasteiger partial charge is 0.311 e. The van der Waals surface area contributed by atoms with Crippen molar-refractivity contribution in [2.24, 2.45) is 0 Å². The van der Waals surface area contributed by atoms with Crippen molar-refractivity contribution in [3.05, 3.63) is 28.3 Å². The maximum absolute atomic E-state index is 10.9. The molecule has 0 saturated carbocycles. The van der Waals surface area contributed by atoms with Crippen molar-refractivity contribution >= 4 is 11.4 Å². The van der Waals surface area contributed by atoms with Gasteiger partial charge in [-0.05, 0) is 32.8 Å². The van der Waals surface area contributed by atoms with Gasteiger partial charge in [0.25, 0.3) is 0 Å². The summed E-state index contributed by atoms with van der Waals surface area (Å²) in [5.41, 5.74) is 0.710. The van der Waals surface area contributed by atoms with Crippen LogP contribution in [-0.4, -0.2) is 28.8 Å². The van der Waals surface area contributed by atoms with Gasteiger partial charge < -0.3 is 15.2 Å². The van der Waals surface area contributed by atoms with Crippen LogP contribution in [0.1, 0.15) is 33.6 Å². The lowest BCUT2D eigenvalue weighted by molar-refractivity contribution is -0.385. The molecule has 0 aromatic heterocycles. The summed E-state index contributed by atoms with van der Waals surface area (Å²) < 4.78 is 5.42. The second kappa shape index (κ2) is 7.69. The summed E-state index contributed by atoms with van der Waals surface area (Å²) in [6.45, 7) is 6.05. The van der Waals surface area contributed by atoms with Crippen molar-refractivity contribution in [3.8, 4) is 5.75 Å². The standard InChI is InChI=1S/C14H22N2O4/c1-4-7-20-14-9-12(5-6-13(14)16(18)19)15-10(2)8-11(3)17/h5-6,9-11,15,17H,4,7-8H2,1-3H3. The number of anilines is 1. The first kappa shape index (κ1) is 16.2. The largest absolute Gasteiger partial charge is 0.487 e. The lowest BCUT2D eigenvalue weighted by Crippen LogP contribution is -2.20. The molecule has 0 bridgehead atoms. The van der Waals surface area contributed by atoms with Gasteiger partial charge >= 0.3 is 5.69 Å². The fraction of sp³-hybridized carbons (Fsp3) is 0.571. The quantitative estimate of drug-likeness (QED) is 0.565. The van der Waals surface area contributed by atoms with Crippen molar-refractivity contribution in [1.29, 1.82) is 0 Å². The van der Waals surface area contributed by atoms with Gasteiger partial charge in [0.05, 0.1) is 17.6 Å². The Kier molecular flexibility index (Phi) is 6.24. The summed E-state index contributed by atoms with van der Waals surface area (Å²) in [6, 6.07) is 4.78. The minimum atomic E-state index is -0.450. The van der Waals surface area contributed by atoms with Crippen LogP contribution in [0.3, 0.4) is 0 Å². The first-order valence-corrected chi connectivity index (χ1v) is 6.79. The SMILES string of the molecule is CCCOc1cc(NC(C)CC(C)O)ccc1[N+](=O)[O-]. The average Bonchev–Trinajstić information content (AvgIpc) is 2.35. The summed E-state index contributed by atoms with van der Waals surface area (Å²) >= 11 is 0. The van der Waals surface area contributed by atoms with E-state index in [1.807, 2.05) is 13.8 Å². The Morgan fingerprint density at radius 1 is 1.45 bits per heavy atom. The number of ether oxygens (including phenoxy) is 1. The molecule has 0 radical (unpaired) electrons. The minimum absolute atomic E-state index is 0.0350. The molecule has 1 aromatic rings. The second-order valence-electron chi connectivity index (χ2n) is 4.92. The molecule has 0 amide bonds. The molecule has 0 spiro atoms. The number of rotatable bonds is 8. The van der Waals surface area contributed by atoms with E-state index in [2.05, 4.69) is 5.32 Å². The number of aliphatic hydroxyl groups is 1. The number of hydrogen-bond acceptors (Lipinski definition) is 5. The summed E-state index contributed by atoms with van der Waals surface area (Å²) in [5, 5.41) is 23.5. The molecule has 2 N–H and O–H groups in total. The monoisotopic (exact) mass is 282 g/mol. The first-order valence-electron chi connectivity index (χ1n) is 6.79. The Morgan fingerprint density at radius 2 is 2.15 bits per heavy atom. The topological polar surface area (TPSA) is 84.6 Å². The van der Waals surface area contributed by atoms with Crippen molar-refractivity contribution in [2.75, 3.05) is 11.9 Å². The predicted molar refractivity (Wildman–Crippen MR) is 78.3 cm³/mol. The van der Waals surface area contributed by atoms with Crippen LogP contribution in [0.15, 0.2) is 18.2 Å². The molecule has 0 fully saturated rings. The van der Waals surface area contributed by atoms with Crippen LogP contribution in [0.5, 0.6) is 5.75 Å². The Hall–Kier alpha value is -1.82. The van der Waals surface area contributed by atoms with E-state index in [1.165, 1.54) is 6.07 Å². The molecule has 1 aromatic carbocycles. The number of nitrogens with one attached hydrogen (secondary N) is 1. The number of hydrogen-bond donors (Lipinski definition) is 2. The van der Waals surface area contributed by atoms with Gasteiger partial charge in [0.2, 0.25) is 0 Å². The van der Waals surface area contributed by atoms with Crippen LogP contribution in [-0.2, 0) is 0 Å². The van der Waals surface area contributed by atoms with Crippen molar-refractivity contribution < 1.29 is 14.8 Å². The fourth-order valence-electron chi connectivity index (χ4n) is 1.94. The Morgan fingerprint density at radius 3 is 2.70 bits per heavy atom. The van der Waals surface area contributed by atoms with Crippen molar-refractivity contribution in [2.45, 2.75) is 45.8 Å². The first-order chi connectivity index (χ1) is 9.43. The van der Waals surface area contributed by atoms with Crippen LogP contribution < -0.4 is 10.1 Å². The van der Waals surface area contributed by atoms with Gasteiger partial charge in [-0.15, -0.1) is 0 Å². The third kappa shape index (κ3) is 5.05. The van der Waals surface area contributed by atoms with Crippen LogP contribution in [0.2, 0.25) is 0 Å². The lowest BCUT2D eigenvalue weighted by Gasteiger charge is -2.17. The highest BCUT2D eigenvalue weighted by Crippen LogP contribution is 2.30. The van der Waals surface area contributed by atoms with Gasteiger partial charge in [-0.1, -0.05) is 6.92 Å². The number of nitro benzene ring substituents is 1. The number of nitro groups is 1. The Balaban J connectivity index is 2.85. The summed E-state index contributed by atoms with van der Waals surface area (Å²) in [5.74, 6) is 0.270. The fourth-order valence-corrected chi connectivity index (χ4v) is 1.94. The number of benzene rings is 1. The van der Waals surface area contributed by atoms with E-state index < -0.39 is 11.0 Å². The highest BCUT2D eigenvalue weighted by Gasteiger charge is 2.16. The molecule has 2 unspecified atom stereocenters. The maximum atomic E-state index is 10.9. The molecule has 1 rings (SSSR count). The third-order valence-electron chi connectivity index (χ3n) is 2.73. The molecule has 0 aliphatic rings. The van der Waals surface area contributed by atoms with Crippen LogP contribution in [0, 0.1) is 10.1 Å². The maximum Gasteiger partial charge on any atom is 0.311 e. The predicted octanol–water partition coefficient (Wildman–Crippen LogP) is 2.95.